The van der Waals surface area contributed by atoms with E-state index in [0.29, 0.717) is 28.1 Å². The largest absolute Gasteiger partial charge is 0.491 e. The molecule has 4 aromatic carbocycles. The summed E-state index contributed by atoms with van der Waals surface area (Å²) in [5.74, 6) is 2.96. The number of carbonyl (C=O) groups is 3. The molecule has 4 aromatic rings. The highest BCUT2D eigenvalue weighted by molar-refractivity contribution is 6.12. The molecule has 3 aliphatic heterocycles. The molecule has 10 heteroatoms. The van der Waals surface area contributed by atoms with Crippen molar-refractivity contribution in [3.05, 3.63) is 131 Å². The summed E-state index contributed by atoms with van der Waals surface area (Å²) in [6.07, 6.45) is -0.563. The average Bonchev–Trinajstić information content (AvgIpc) is 3.60. The number of nitrogens with zero attached hydrogens (tertiary/aromatic N) is 1. The van der Waals surface area contributed by atoms with Gasteiger partial charge in [0.25, 0.3) is 0 Å². The van der Waals surface area contributed by atoms with E-state index in [9.17, 15) is 24.6 Å². The van der Waals surface area contributed by atoms with Crippen LogP contribution >= 0.6 is 0 Å². The van der Waals surface area contributed by atoms with Gasteiger partial charge in [-0.15, -0.1) is 0 Å². The molecule has 7 rings (SSSR count). The molecule has 0 bridgehead atoms. The number of nitrogens with two attached hydrogens (primary N) is 1. The lowest BCUT2D eigenvalue weighted by atomic mass is 9.65. The second-order valence-corrected chi connectivity index (χ2v) is 12.3. The Morgan fingerprint density at radius 3 is 2.29 bits per heavy atom. The second-order valence-electron chi connectivity index (χ2n) is 12.3. The van der Waals surface area contributed by atoms with Crippen molar-refractivity contribution in [3.8, 4) is 17.6 Å². The molecule has 6 atom stereocenters. The van der Waals surface area contributed by atoms with Crippen LogP contribution in [0.25, 0.3) is 0 Å². The molecule has 0 aliphatic carbocycles. The normalized spacial score (nSPS) is 25.5. The van der Waals surface area contributed by atoms with Gasteiger partial charge in [-0.25, -0.2) is 0 Å². The molecule has 0 unspecified atom stereocenters. The quantitative estimate of drug-likeness (QED) is 0.166. The van der Waals surface area contributed by atoms with Gasteiger partial charge in [-0.1, -0.05) is 90.7 Å². The number of ether oxygens (including phenoxy) is 2. The maximum atomic E-state index is 14.8. The number of morpholine rings is 1. The Morgan fingerprint density at radius 1 is 0.898 bits per heavy atom. The highest BCUT2D eigenvalue weighted by atomic mass is 16.6. The number of primary amides is 1. The lowest BCUT2D eigenvalue weighted by Crippen LogP contribution is -2.53. The molecule has 1 spiro atoms. The van der Waals surface area contributed by atoms with Crippen LogP contribution in [0, 0.1) is 17.8 Å². The minimum Gasteiger partial charge on any atom is -0.491 e. The molecule has 0 aromatic heterocycles. The number of hydrogen-bond donors (Lipinski definition) is 4. The molecule has 3 aliphatic rings. The van der Waals surface area contributed by atoms with Crippen LogP contribution in [0.15, 0.2) is 103 Å². The van der Waals surface area contributed by atoms with E-state index in [1.165, 1.54) is 0 Å². The summed E-state index contributed by atoms with van der Waals surface area (Å²) in [5, 5.41) is 22.0. The summed E-state index contributed by atoms with van der Waals surface area (Å²) in [6.45, 7) is -0.390. The van der Waals surface area contributed by atoms with Gasteiger partial charge in [-0.2, -0.15) is 0 Å². The summed E-state index contributed by atoms with van der Waals surface area (Å²) in [4.78, 5) is 45.2. The number of anilines is 1. The molecule has 49 heavy (non-hydrogen) atoms. The van der Waals surface area contributed by atoms with Gasteiger partial charge in [0.15, 0.2) is 0 Å². The van der Waals surface area contributed by atoms with Gasteiger partial charge in [-0.05, 0) is 41.0 Å². The van der Waals surface area contributed by atoms with Gasteiger partial charge in [0.2, 0.25) is 11.8 Å². The van der Waals surface area contributed by atoms with Crippen molar-refractivity contribution in [2.75, 3.05) is 25.1 Å². The predicted molar refractivity (Wildman–Crippen MR) is 180 cm³/mol. The number of para-hydroxylation sites is 1. The van der Waals surface area contributed by atoms with Crippen molar-refractivity contribution >= 4 is 23.5 Å². The van der Waals surface area contributed by atoms with Crippen LogP contribution in [-0.4, -0.2) is 58.8 Å². The first kappa shape index (κ1) is 32.1. The first-order valence-electron chi connectivity index (χ1n) is 16.2. The topological polar surface area (TPSA) is 151 Å². The minimum absolute atomic E-state index is 0.0242. The molecule has 0 saturated carbocycles. The number of benzene rings is 4. The van der Waals surface area contributed by atoms with Crippen LogP contribution in [0.3, 0.4) is 0 Å². The number of hydrogen-bond acceptors (Lipinski definition) is 8. The van der Waals surface area contributed by atoms with Crippen LogP contribution in [0.4, 0.5) is 5.69 Å². The minimum atomic E-state index is -1.74. The Kier molecular flexibility index (Phi) is 8.65. The van der Waals surface area contributed by atoms with Crippen molar-refractivity contribution < 1.29 is 34.1 Å². The van der Waals surface area contributed by atoms with Gasteiger partial charge in [0, 0.05) is 23.2 Å². The molecule has 3 heterocycles. The summed E-state index contributed by atoms with van der Waals surface area (Å²) >= 11 is 0. The maximum absolute atomic E-state index is 14.8. The molecule has 248 valence electrons. The number of nitrogens with one attached hydrogen (secondary N) is 1. The fourth-order valence-electron chi connectivity index (χ4n) is 7.89. The van der Waals surface area contributed by atoms with E-state index in [1.54, 1.807) is 36.4 Å². The monoisotopic (exact) mass is 657 g/mol. The molecule has 2 amide bonds. The highest BCUT2D eigenvalue weighted by Crippen LogP contribution is 2.65. The summed E-state index contributed by atoms with van der Waals surface area (Å²) < 4.78 is 12.4. The Bertz CT molecular complexity index is 1960. The molecular weight excluding hydrogens is 622 g/mol. The van der Waals surface area contributed by atoms with E-state index in [0.717, 1.165) is 11.1 Å². The summed E-state index contributed by atoms with van der Waals surface area (Å²) in [7, 11) is 0. The SMILES string of the molecule is NC(=O)[C@H]1[C@@H]2C(=O)O[C@@H](c3ccccc3)[C@@H](c3ccccc3)N2[C@@H](c2ccccc2OCCO)[C@]12C(=O)Nc1ccc(C#CCCO)cc12. The molecule has 0 radical (unpaired) electrons. The van der Waals surface area contributed by atoms with E-state index in [4.69, 9.17) is 15.2 Å². The Balaban J connectivity index is 1.56. The third kappa shape index (κ3) is 5.23. The molecule has 5 N–H and O–H groups in total. The molecule has 2 saturated heterocycles. The zero-order chi connectivity index (χ0) is 34.1. The lowest BCUT2D eigenvalue weighted by molar-refractivity contribution is -0.178. The first-order valence-corrected chi connectivity index (χ1v) is 16.2. The van der Waals surface area contributed by atoms with E-state index >= 15 is 0 Å². The number of aliphatic hydroxyl groups is 2. The number of aliphatic hydroxyl groups excluding tert-OH is 2. The number of esters is 1. The van der Waals surface area contributed by atoms with E-state index < -0.39 is 53.3 Å². The zero-order valence-corrected chi connectivity index (χ0v) is 26.5. The van der Waals surface area contributed by atoms with Crippen molar-refractivity contribution in [1.82, 2.24) is 4.90 Å². The van der Waals surface area contributed by atoms with Crippen molar-refractivity contribution in [3.63, 3.8) is 0 Å². The summed E-state index contributed by atoms with van der Waals surface area (Å²) in [5.41, 5.74) is 8.11. The molecular formula is C39H35N3O7. The number of fused-ring (bicyclic) bond motifs is 3. The van der Waals surface area contributed by atoms with Gasteiger partial charge in [0.1, 0.15) is 29.9 Å². The first-order chi connectivity index (χ1) is 23.9. The van der Waals surface area contributed by atoms with Crippen molar-refractivity contribution in [2.24, 2.45) is 11.7 Å². The van der Waals surface area contributed by atoms with E-state index in [-0.39, 0.29) is 26.2 Å². The van der Waals surface area contributed by atoms with Gasteiger partial charge in [-0.3, -0.25) is 19.3 Å². The van der Waals surface area contributed by atoms with Crippen LogP contribution in [-0.2, 0) is 24.5 Å². The third-order valence-electron chi connectivity index (χ3n) is 9.65. The fourth-order valence-corrected chi connectivity index (χ4v) is 7.89. The van der Waals surface area contributed by atoms with E-state index in [1.807, 2.05) is 71.6 Å². The van der Waals surface area contributed by atoms with E-state index in [2.05, 4.69) is 17.2 Å². The average molecular weight is 658 g/mol. The van der Waals surface area contributed by atoms with Gasteiger partial charge < -0.3 is 30.7 Å². The number of cyclic esters (lactones) is 1. The van der Waals surface area contributed by atoms with Crippen LogP contribution in [0.5, 0.6) is 5.75 Å². The van der Waals surface area contributed by atoms with Gasteiger partial charge >= 0.3 is 5.97 Å². The maximum Gasteiger partial charge on any atom is 0.324 e. The van der Waals surface area contributed by atoms with Crippen LogP contribution in [0.2, 0.25) is 0 Å². The van der Waals surface area contributed by atoms with Crippen LogP contribution < -0.4 is 15.8 Å². The highest BCUT2D eigenvalue weighted by Gasteiger charge is 2.74. The summed E-state index contributed by atoms with van der Waals surface area (Å²) in [6, 6.07) is 28.4. The Labute approximate surface area is 283 Å². The Morgan fingerprint density at radius 2 is 1.59 bits per heavy atom. The fraction of sp³-hybridized carbons (Fsp3) is 0.256. The van der Waals surface area contributed by atoms with Crippen molar-refractivity contribution in [1.29, 1.82) is 0 Å². The number of rotatable bonds is 8. The smallest absolute Gasteiger partial charge is 0.324 e. The predicted octanol–water partition coefficient (Wildman–Crippen LogP) is 3.55. The number of amides is 2. The lowest BCUT2D eigenvalue weighted by Gasteiger charge is -2.46. The third-order valence-corrected chi connectivity index (χ3v) is 9.65. The standard InChI is InChI=1S/C39H35N3O7/c40-36(45)31-33-37(46)49-34(26-14-5-2-6-15-26)32(25-12-3-1-4-13-25)42(33)35(27-16-7-8-17-30(27)48-22-21-44)39(31)28-23-24(11-9-10-20-43)18-19-29(28)41-38(39)47/h1-8,12-19,23,31-35,43-44H,10,20-22H2,(H2,40,45)(H,41,47)/t31-,32-,33-,34+,35+,39-/m1/s1. The molecule has 2 fully saturated rings. The van der Waals surface area contributed by atoms with Gasteiger partial charge in [0.05, 0.1) is 31.2 Å². The Hall–Kier alpha value is -5.47. The number of carbonyl (C=O) groups excluding carboxylic acids is 3. The van der Waals surface area contributed by atoms with Crippen molar-refractivity contribution in [2.45, 2.75) is 36.1 Å². The van der Waals surface area contributed by atoms with Crippen LogP contribution in [0.1, 0.15) is 52.4 Å². The second kappa shape index (κ2) is 13.2. The molecule has 10 nitrogen and oxygen atoms in total. The zero-order valence-electron chi connectivity index (χ0n) is 26.5.